The van der Waals surface area contributed by atoms with Gasteiger partial charge in [0.1, 0.15) is 5.75 Å². The van der Waals surface area contributed by atoms with E-state index in [-0.39, 0.29) is 17.7 Å². The standard InChI is InChI=1S/C23H22N2O3S/c1-13-8-4-6-10-17(13)24-22(27)21-14(2)20-16(12-19(26)25-23(20)29-21)15-9-5-7-11-18(15)28-3/h4-11,16H,12H2,1-3H3,(H,24,27)(H,25,26)/t16-/m1/s1. The van der Waals surface area contributed by atoms with E-state index in [9.17, 15) is 9.59 Å². The van der Waals surface area contributed by atoms with E-state index in [2.05, 4.69) is 10.6 Å². The summed E-state index contributed by atoms with van der Waals surface area (Å²) in [5.41, 5.74) is 4.63. The minimum absolute atomic E-state index is 0.0551. The van der Waals surface area contributed by atoms with Crippen LogP contribution in [0.3, 0.4) is 0 Å². The van der Waals surface area contributed by atoms with Gasteiger partial charge in [-0.3, -0.25) is 9.59 Å². The quantitative estimate of drug-likeness (QED) is 0.633. The van der Waals surface area contributed by atoms with Gasteiger partial charge >= 0.3 is 0 Å². The van der Waals surface area contributed by atoms with Crippen LogP contribution >= 0.6 is 11.3 Å². The van der Waals surface area contributed by atoms with E-state index in [1.165, 1.54) is 11.3 Å². The van der Waals surface area contributed by atoms with Gasteiger partial charge < -0.3 is 15.4 Å². The Morgan fingerprint density at radius 2 is 1.86 bits per heavy atom. The Balaban J connectivity index is 1.75. The van der Waals surface area contributed by atoms with Gasteiger partial charge in [-0.2, -0.15) is 0 Å². The summed E-state index contributed by atoms with van der Waals surface area (Å²) in [5, 5.41) is 6.69. The Morgan fingerprint density at radius 1 is 1.14 bits per heavy atom. The van der Waals surface area contributed by atoms with Crippen molar-refractivity contribution in [2.75, 3.05) is 17.7 Å². The molecule has 1 aliphatic rings. The Hall–Kier alpha value is -3.12. The molecular formula is C23H22N2O3S. The van der Waals surface area contributed by atoms with E-state index >= 15 is 0 Å². The predicted octanol–water partition coefficient (Wildman–Crippen LogP) is 5.10. The number of carbonyl (C=O) groups excluding carboxylic acids is 2. The highest BCUT2D eigenvalue weighted by Crippen LogP contribution is 2.47. The lowest BCUT2D eigenvalue weighted by Gasteiger charge is -2.25. The van der Waals surface area contributed by atoms with Crippen molar-refractivity contribution >= 4 is 33.8 Å². The molecule has 0 aliphatic carbocycles. The van der Waals surface area contributed by atoms with E-state index in [1.807, 2.05) is 62.4 Å². The number of hydrogen-bond acceptors (Lipinski definition) is 4. The molecule has 29 heavy (non-hydrogen) atoms. The average molecular weight is 407 g/mol. The number of carbonyl (C=O) groups is 2. The van der Waals surface area contributed by atoms with Crippen LogP contribution in [0, 0.1) is 13.8 Å². The van der Waals surface area contributed by atoms with Crippen molar-refractivity contribution in [3.05, 3.63) is 75.7 Å². The zero-order valence-electron chi connectivity index (χ0n) is 16.5. The minimum Gasteiger partial charge on any atom is -0.496 e. The molecule has 4 rings (SSSR count). The van der Waals surface area contributed by atoms with Crippen LogP contribution in [0.15, 0.2) is 48.5 Å². The fourth-order valence-electron chi connectivity index (χ4n) is 3.83. The SMILES string of the molecule is COc1ccccc1[C@H]1CC(=O)Nc2sc(C(=O)Nc3ccccc3C)c(C)c21. The van der Waals surface area contributed by atoms with E-state index in [0.29, 0.717) is 11.3 Å². The lowest BCUT2D eigenvalue weighted by molar-refractivity contribution is -0.116. The Kier molecular flexibility index (Phi) is 5.11. The van der Waals surface area contributed by atoms with Gasteiger partial charge in [-0.1, -0.05) is 36.4 Å². The maximum Gasteiger partial charge on any atom is 0.266 e. The fourth-order valence-corrected chi connectivity index (χ4v) is 5.01. The number of benzene rings is 2. The van der Waals surface area contributed by atoms with Gasteiger partial charge in [-0.05, 0) is 42.7 Å². The molecular weight excluding hydrogens is 384 g/mol. The second-order valence-electron chi connectivity index (χ2n) is 7.11. The van der Waals surface area contributed by atoms with Crippen molar-refractivity contribution in [1.29, 1.82) is 0 Å². The van der Waals surface area contributed by atoms with Crippen LogP contribution in [0.5, 0.6) is 5.75 Å². The summed E-state index contributed by atoms with van der Waals surface area (Å²) in [6, 6.07) is 15.4. The molecule has 3 aromatic rings. The number of amides is 2. The van der Waals surface area contributed by atoms with Crippen molar-refractivity contribution in [3.8, 4) is 5.75 Å². The molecule has 0 saturated heterocycles. The molecule has 0 saturated carbocycles. The second kappa shape index (κ2) is 7.72. The van der Waals surface area contributed by atoms with Crippen molar-refractivity contribution in [1.82, 2.24) is 0 Å². The summed E-state index contributed by atoms with van der Waals surface area (Å²) < 4.78 is 5.53. The summed E-state index contributed by atoms with van der Waals surface area (Å²) in [6.07, 6.45) is 0.323. The number of hydrogen-bond donors (Lipinski definition) is 2. The first-order valence-electron chi connectivity index (χ1n) is 9.42. The van der Waals surface area contributed by atoms with Crippen molar-refractivity contribution in [2.45, 2.75) is 26.2 Å². The molecule has 0 fully saturated rings. The molecule has 0 spiro atoms. The molecule has 0 unspecified atom stereocenters. The van der Waals surface area contributed by atoms with E-state index in [1.54, 1.807) is 7.11 Å². The summed E-state index contributed by atoms with van der Waals surface area (Å²) in [6.45, 7) is 3.90. The zero-order valence-corrected chi connectivity index (χ0v) is 17.4. The smallest absolute Gasteiger partial charge is 0.266 e. The molecule has 2 heterocycles. The maximum atomic E-state index is 13.0. The van der Waals surface area contributed by atoms with Crippen LogP contribution in [0.25, 0.3) is 0 Å². The normalized spacial score (nSPS) is 15.4. The highest BCUT2D eigenvalue weighted by molar-refractivity contribution is 7.18. The molecule has 1 aromatic heterocycles. The number of aryl methyl sites for hydroxylation is 1. The van der Waals surface area contributed by atoms with Crippen LogP contribution in [0.4, 0.5) is 10.7 Å². The third-order valence-electron chi connectivity index (χ3n) is 5.30. The van der Waals surface area contributed by atoms with Gasteiger partial charge in [0.05, 0.1) is 17.0 Å². The number of ether oxygens (including phenoxy) is 1. The number of thiophene rings is 1. The van der Waals surface area contributed by atoms with Crippen LogP contribution < -0.4 is 15.4 Å². The molecule has 148 valence electrons. The zero-order chi connectivity index (χ0) is 20.5. The molecule has 2 N–H and O–H groups in total. The monoisotopic (exact) mass is 406 g/mol. The average Bonchev–Trinajstić information content (AvgIpc) is 3.05. The Morgan fingerprint density at radius 3 is 2.62 bits per heavy atom. The number of rotatable bonds is 4. The van der Waals surface area contributed by atoms with Gasteiger partial charge in [0.25, 0.3) is 5.91 Å². The largest absolute Gasteiger partial charge is 0.496 e. The highest BCUT2D eigenvalue weighted by atomic mass is 32.1. The van der Waals surface area contributed by atoms with Gasteiger partial charge in [-0.15, -0.1) is 11.3 Å². The fraction of sp³-hybridized carbons (Fsp3) is 0.217. The van der Waals surface area contributed by atoms with Crippen LogP contribution in [-0.4, -0.2) is 18.9 Å². The topological polar surface area (TPSA) is 67.4 Å². The highest BCUT2D eigenvalue weighted by Gasteiger charge is 2.34. The molecule has 6 heteroatoms. The predicted molar refractivity (Wildman–Crippen MR) is 116 cm³/mol. The van der Waals surface area contributed by atoms with Gasteiger partial charge in [0, 0.05) is 23.6 Å². The van der Waals surface area contributed by atoms with Crippen molar-refractivity contribution in [3.63, 3.8) is 0 Å². The van der Waals surface area contributed by atoms with Crippen LogP contribution in [0.1, 0.15) is 44.3 Å². The maximum absolute atomic E-state index is 13.0. The Labute approximate surface area is 173 Å². The third kappa shape index (κ3) is 3.51. The molecule has 5 nitrogen and oxygen atoms in total. The van der Waals surface area contributed by atoms with Crippen molar-refractivity contribution < 1.29 is 14.3 Å². The number of methoxy groups -OCH3 is 1. The van der Waals surface area contributed by atoms with E-state index < -0.39 is 0 Å². The van der Waals surface area contributed by atoms with E-state index in [0.717, 1.165) is 38.7 Å². The van der Waals surface area contributed by atoms with Gasteiger partial charge in [-0.25, -0.2) is 0 Å². The third-order valence-corrected chi connectivity index (χ3v) is 6.52. The van der Waals surface area contributed by atoms with Crippen molar-refractivity contribution in [2.24, 2.45) is 0 Å². The van der Waals surface area contributed by atoms with E-state index in [4.69, 9.17) is 4.74 Å². The summed E-state index contributed by atoms with van der Waals surface area (Å²) in [7, 11) is 1.63. The molecule has 1 aliphatic heterocycles. The first kappa shape index (κ1) is 19.2. The molecule has 0 bridgehead atoms. The van der Waals surface area contributed by atoms with Crippen LogP contribution in [0.2, 0.25) is 0 Å². The molecule has 2 aromatic carbocycles. The lowest BCUT2D eigenvalue weighted by atomic mass is 9.84. The molecule has 0 radical (unpaired) electrons. The first-order valence-corrected chi connectivity index (χ1v) is 10.2. The first-order chi connectivity index (χ1) is 14.0. The lowest BCUT2D eigenvalue weighted by Crippen LogP contribution is -2.23. The Bertz CT molecular complexity index is 1100. The van der Waals surface area contributed by atoms with Gasteiger partial charge in [0.2, 0.25) is 5.91 Å². The molecule has 2 amide bonds. The number of nitrogens with one attached hydrogen (secondary N) is 2. The molecule has 1 atom stereocenters. The number of para-hydroxylation sites is 2. The van der Waals surface area contributed by atoms with Gasteiger partial charge in [0.15, 0.2) is 0 Å². The summed E-state index contributed by atoms with van der Waals surface area (Å²) in [4.78, 5) is 26.0. The second-order valence-corrected chi connectivity index (χ2v) is 8.14. The summed E-state index contributed by atoms with van der Waals surface area (Å²) in [5.74, 6) is 0.380. The van der Waals surface area contributed by atoms with Crippen LogP contribution in [-0.2, 0) is 4.79 Å². The minimum atomic E-state index is -0.163. The number of anilines is 2. The summed E-state index contributed by atoms with van der Waals surface area (Å²) >= 11 is 1.33. The number of fused-ring (bicyclic) bond motifs is 1.